The maximum atomic E-state index is 12.4. The zero-order valence-electron chi connectivity index (χ0n) is 13.3. The van der Waals surface area contributed by atoms with Crippen LogP contribution in [0.2, 0.25) is 0 Å². The molecule has 3 rings (SSSR count). The van der Waals surface area contributed by atoms with Crippen molar-refractivity contribution < 1.29 is 14.3 Å². The number of hydrogen-bond donors (Lipinski definition) is 1. The van der Waals surface area contributed by atoms with Crippen LogP contribution in [0.5, 0.6) is 0 Å². The number of likely N-dealkylation sites (N-methyl/N-ethyl adjacent to an activating group) is 1. The Balaban J connectivity index is 2.04. The molecule has 5 nitrogen and oxygen atoms in total. The Bertz CT molecular complexity index is 806. The number of allylic oxidation sites excluding steroid dienone is 2. The standard InChI is InChI=1S/C18H20N2O3/c1-20(2)9-10-22-18(21)17-15-11-12(19)7-8-13(15)14-5-3-4-6-16(14)23-17/h3-8,11,16H,9-10,19H2,1-2H3. The van der Waals surface area contributed by atoms with Gasteiger partial charge in [-0.15, -0.1) is 0 Å². The number of esters is 1. The molecule has 0 radical (unpaired) electrons. The zero-order valence-corrected chi connectivity index (χ0v) is 13.3. The first-order valence-electron chi connectivity index (χ1n) is 7.53. The second-order valence-corrected chi connectivity index (χ2v) is 5.81. The molecule has 1 aromatic rings. The second kappa shape index (κ2) is 6.30. The Morgan fingerprint density at radius 1 is 1.30 bits per heavy atom. The molecule has 1 unspecified atom stereocenters. The van der Waals surface area contributed by atoms with E-state index < -0.39 is 5.97 Å². The highest BCUT2D eigenvalue weighted by Gasteiger charge is 2.26. The third kappa shape index (κ3) is 3.14. The number of anilines is 1. The number of nitrogen functional groups attached to an aromatic ring is 1. The predicted octanol–water partition coefficient (Wildman–Crippen LogP) is 0.157. The van der Waals surface area contributed by atoms with E-state index in [2.05, 4.69) is 0 Å². The number of benzene rings is 1. The summed E-state index contributed by atoms with van der Waals surface area (Å²) >= 11 is 0. The van der Waals surface area contributed by atoms with Crippen molar-refractivity contribution in [2.75, 3.05) is 33.0 Å². The fourth-order valence-corrected chi connectivity index (χ4v) is 2.61. The molecule has 0 bridgehead atoms. The fraction of sp³-hybridized carbons (Fsp3) is 0.278. The van der Waals surface area contributed by atoms with Crippen LogP contribution < -0.4 is 16.2 Å². The number of rotatable bonds is 4. The van der Waals surface area contributed by atoms with Gasteiger partial charge in [0.25, 0.3) is 0 Å². The number of nitrogens with zero attached hydrogens (tertiary/aromatic N) is 1. The number of carbonyl (C=O) groups excluding carboxylic acids is 1. The van der Waals surface area contributed by atoms with Gasteiger partial charge in [-0.1, -0.05) is 24.3 Å². The Morgan fingerprint density at radius 2 is 2.13 bits per heavy atom. The summed E-state index contributed by atoms with van der Waals surface area (Å²) in [7, 11) is 3.85. The molecule has 2 aliphatic rings. The molecule has 0 saturated heterocycles. The Hall–Kier alpha value is -2.53. The van der Waals surface area contributed by atoms with E-state index in [0.717, 1.165) is 10.8 Å². The van der Waals surface area contributed by atoms with Gasteiger partial charge < -0.3 is 20.1 Å². The third-order valence-electron chi connectivity index (χ3n) is 3.78. The van der Waals surface area contributed by atoms with Gasteiger partial charge in [-0.25, -0.2) is 4.79 Å². The number of nitrogens with two attached hydrogens (primary N) is 1. The van der Waals surface area contributed by atoms with Crippen molar-refractivity contribution in [3.63, 3.8) is 0 Å². The maximum Gasteiger partial charge on any atom is 0.374 e. The predicted molar refractivity (Wildman–Crippen MR) is 89.6 cm³/mol. The van der Waals surface area contributed by atoms with Crippen molar-refractivity contribution in [1.82, 2.24) is 4.90 Å². The van der Waals surface area contributed by atoms with Gasteiger partial charge in [-0.2, -0.15) is 0 Å². The molecule has 0 saturated carbocycles. The molecule has 120 valence electrons. The monoisotopic (exact) mass is 312 g/mol. The average molecular weight is 312 g/mol. The van der Waals surface area contributed by atoms with E-state index in [0.29, 0.717) is 24.1 Å². The highest BCUT2D eigenvalue weighted by atomic mass is 16.6. The van der Waals surface area contributed by atoms with Crippen LogP contribution in [-0.2, 0) is 14.3 Å². The first-order chi connectivity index (χ1) is 11.1. The van der Waals surface area contributed by atoms with Crippen molar-refractivity contribution >= 4 is 23.0 Å². The molecule has 2 N–H and O–H groups in total. The lowest BCUT2D eigenvalue weighted by atomic mass is 9.97. The van der Waals surface area contributed by atoms with Crippen molar-refractivity contribution in [2.24, 2.45) is 0 Å². The molecule has 0 aromatic heterocycles. The second-order valence-electron chi connectivity index (χ2n) is 5.81. The lowest BCUT2D eigenvalue weighted by Gasteiger charge is -2.24. The lowest BCUT2D eigenvalue weighted by Crippen LogP contribution is -2.41. The van der Waals surface area contributed by atoms with Gasteiger partial charge in [-0.3, -0.25) is 0 Å². The molecule has 0 spiro atoms. The van der Waals surface area contributed by atoms with Crippen LogP contribution in [0.3, 0.4) is 0 Å². The lowest BCUT2D eigenvalue weighted by molar-refractivity contribution is -0.139. The quantitative estimate of drug-likeness (QED) is 0.634. The Labute approximate surface area is 135 Å². The molecule has 1 aliphatic heterocycles. The summed E-state index contributed by atoms with van der Waals surface area (Å²) in [5.41, 5.74) is 7.49. The van der Waals surface area contributed by atoms with Gasteiger partial charge in [0.2, 0.25) is 5.76 Å². The zero-order chi connectivity index (χ0) is 16.4. The first kappa shape index (κ1) is 15.4. The van der Waals surface area contributed by atoms with Gasteiger partial charge in [0.15, 0.2) is 0 Å². The van der Waals surface area contributed by atoms with Crippen molar-refractivity contribution in [2.45, 2.75) is 6.10 Å². The normalized spacial score (nSPS) is 18.5. The molecular weight excluding hydrogens is 292 g/mol. The van der Waals surface area contributed by atoms with E-state index in [9.17, 15) is 4.79 Å². The number of fused-ring (bicyclic) bond motifs is 2. The minimum absolute atomic E-state index is 0.222. The minimum Gasteiger partial charge on any atom is -0.474 e. The number of hydrogen-bond acceptors (Lipinski definition) is 5. The maximum absolute atomic E-state index is 12.4. The summed E-state index contributed by atoms with van der Waals surface area (Å²) in [5, 5.41) is 1.64. The topological polar surface area (TPSA) is 64.8 Å². The highest BCUT2D eigenvalue weighted by Crippen LogP contribution is 2.21. The summed E-state index contributed by atoms with van der Waals surface area (Å²) in [6.07, 6.45) is 7.50. The summed E-state index contributed by atoms with van der Waals surface area (Å²) in [4.78, 5) is 14.4. The summed E-state index contributed by atoms with van der Waals surface area (Å²) in [6, 6.07) is 5.51. The summed E-state index contributed by atoms with van der Waals surface area (Å²) < 4.78 is 11.2. The fourth-order valence-electron chi connectivity index (χ4n) is 2.61. The van der Waals surface area contributed by atoms with Gasteiger partial charge in [0.05, 0.1) is 0 Å². The molecule has 1 atom stereocenters. The molecule has 1 aliphatic carbocycles. The Morgan fingerprint density at radius 3 is 2.91 bits per heavy atom. The van der Waals surface area contributed by atoms with E-state index in [1.54, 1.807) is 6.07 Å². The van der Waals surface area contributed by atoms with Crippen LogP contribution in [0.1, 0.15) is 0 Å². The molecular formula is C18H20N2O3. The molecule has 0 fully saturated rings. The van der Waals surface area contributed by atoms with Crippen LogP contribution in [0.4, 0.5) is 5.69 Å². The van der Waals surface area contributed by atoms with Gasteiger partial charge in [-0.05, 0) is 37.5 Å². The number of carbonyl (C=O) groups is 1. The van der Waals surface area contributed by atoms with Gasteiger partial charge in [0, 0.05) is 23.0 Å². The minimum atomic E-state index is -0.458. The summed E-state index contributed by atoms with van der Waals surface area (Å²) in [6.45, 7) is 0.972. The van der Waals surface area contributed by atoms with E-state index in [1.807, 2.05) is 55.4 Å². The van der Waals surface area contributed by atoms with E-state index in [4.69, 9.17) is 15.2 Å². The van der Waals surface area contributed by atoms with Gasteiger partial charge in [0.1, 0.15) is 12.7 Å². The molecule has 23 heavy (non-hydrogen) atoms. The summed E-state index contributed by atoms with van der Waals surface area (Å²) in [5.74, 6) is -0.236. The third-order valence-corrected chi connectivity index (χ3v) is 3.78. The van der Waals surface area contributed by atoms with Crippen LogP contribution >= 0.6 is 0 Å². The van der Waals surface area contributed by atoms with E-state index >= 15 is 0 Å². The average Bonchev–Trinajstić information content (AvgIpc) is 2.53. The van der Waals surface area contributed by atoms with Crippen LogP contribution in [-0.4, -0.2) is 44.2 Å². The Kier molecular flexibility index (Phi) is 4.21. The number of ether oxygens (including phenoxy) is 2. The van der Waals surface area contributed by atoms with Crippen molar-refractivity contribution in [1.29, 1.82) is 0 Å². The molecule has 1 aromatic carbocycles. The van der Waals surface area contributed by atoms with E-state index in [1.165, 1.54) is 0 Å². The van der Waals surface area contributed by atoms with Crippen LogP contribution in [0.15, 0.2) is 42.5 Å². The van der Waals surface area contributed by atoms with Crippen LogP contribution in [0.25, 0.3) is 11.3 Å². The van der Waals surface area contributed by atoms with Crippen molar-refractivity contribution in [3.05, 3.63) is 52.9 Å². The van der Waals surface area contributed by atoms with Crippen LogP contribution in [0, 0.1) is 0 Å². The first-order valence-corrected chi connectivity index (χ1v) is 7.53. The van der Waals surface area contributed by atoms with E-state index in [-0.39, 0.29) is 11.9 Å². The smallest absolute Gasteiger partial charge is 0.374 e. The highest BCUT2D eigenvalue weighted by molar-refractivity contribution is 6.07. The SMILES string of the molecule is CN(C)CCOC(=O)C1=c2cc(N)ccc2=C2C=CC=CC2O1. The molecule has 0 amide bonds. The largest absolute Gasteiger partial charge is 0.474 e. The molecule has 5 heteroatoms. The van der Waals surface area contributed by atoms with Gasteiger partial charge >= 0.3 is 5.97 Å². The van der Waals surface area contributed by atoms with Crippen molar-refractivity contribution in [3.8, 4) is 0 Å². The molecule has 1 heterocycles.